The molecule has 0 unspecified atom stereocenters. The average molecular weight is 271 g/mol. The van der Waals surface area contributed by atoms with Gasteiger partial charge in [0.2, 0.25) is 0 Å². The summed E-state index contributed by atoms with van der Waals surface area (Å²) in [5.41, 5.74) is 2.04. The van der Waals surface area contributed by atoms with Gasteiger partial charge in [0.1, 0.15) is 0 Å². The van der Waals surface area contributed by atoms with E-state index in [1.807, 2.05) is 40.9 Å². The van der Waals surface area contributed by atoms with Crippen LogP contribution in [0.1, 0.15) is 25.7 Å². The van der Waals surface area contributed by atoms with Crippen LogP contribution in [0.25, 0.3) is 10.9 Å². The second kappa shape index (κ2) is 5.57. The molecule has 3 rings (SSSR count). The highest BCUT2D eigenvalue weighted by atomic mass is 16.2. The number of hydrogen-bond donors (Lipinski definition) is 1. The topological polar surface area (TPSA) is 37.3 Å². The summed E-state index contributed by atoms with van der Waals surface area (Å²) in [5, 5.41) is 4.16. The van der Waals surface area contributed by atoms with Crippen molar-refractivity contribution in [2.75, 3.05) is 18.4 Å². The lowest BCUT2D eigenvalue weighted by atomic mass is 10.2. The van der Waals surface area contributed by atoms with Crippen LogP contribution in [0.4, 0.5) is 10.5 Å². The number of nitrogens with one attached hydrogen (secondary N) is 1. The third-order valence-electron chi connectivity index (χ3n) is 4.03. The van der Waals surface area contributed by atoms with Crippen LogP contribution in [0.2, 0.25) is 0 Å². The smallest absolute Gasteiger partial charge is 0.321 e. The molecule has 2 amide bonds. The van der Waals surface area contributed by atoms with Gasteiger partial charge in [0.25, 0.3) is 0 Å². The van der Waals surface area contributed by atoms with Crippen molar-refractivity contribution in [3.8, 4) is 0 Å². The quantitative estimate of drug-likeness (QED) is 0.845. The maximum Gasteiger partial charge on any atom is 0.321 e. The van der Waals surface area contributed by atoms with Gasteiger partial charge in [-0.05, 0) is 18.9 Å². The molecule has 0 spiro atoms. The average Bonchev–Trinajstić information content (AvgIpc) is 2.67. The molecule has 1 aliphatic rings. The van der Waals surface area contributed by atoms with Crippen molar-refractivity contribution in [3.05, 3.63) is 30.5 Å². The van der Waals surface area contributed by atoms with Crippen LogP contribution >= 0.6 is 0 Å². The Labute approximate surface area is 119 Å². The van der Waals surface area contributed by atoms with E-state index in [0.717, 1.165) is 42.5 Å². The van der Waals surface area contributed by atoms with Crippen LogP contribution in [0, 0.1) is 0 Å². The molecular formula is C16H21N3O. The molecule has 1 aliphatic heterocycles. The first-order valence-corrected chi connectivity index (χ1v) is 7.36. The van der Waals surface area contributed by atoms with Crippen molar-refractivity contribution in [1.29, 1.82) is 0 Å². The number of likely N-dealkylation sites (tertiary alicyclic amines) is 1. The van der Waals surface area contributed by atoms with Crippen molar-refractivity contribution in [3.63, 3.8) is 0 Å². The molecule has 0 aliphatic carbocycles. The SMILES string of the molecule is Cn1cc(NC(=O)N2CCCCCC2)c2ccccc21. The largest absolute Gasteiger partial charge is 0.348 e. The summed E-state index contributed by atoms with van der Waals surface area (Å²) in [6, 6.07) is 8.17. The number of fused-ring (bicyclic) bond motifs is 1. The fourth-order valence-electron chi connectivity index (χ4n) is 2.91. The van der Waals surface area contributed by atoms with E-state index in [2.05, 4.69) is 11.4 Å². The predicted molar refractivity (Wildman–Crippen MR) is 82.0 cm³/mol. The van der Waals surface area contributed by atoms with Crippen LogP contribution in [0.15, 0.2) is 30.5 Å². The Hall–Kier alpha value is -1.97. The number of aryl methyl sites for hydroxylation is 1. The van der Waals surface area contributed by atoms with E-state index in [1.165, 1.54) is 12.8 Å². The van der Waals surface area contributed by atoms with Crippen molar-refractivity contribution in [2.45, 2.75) is 25.7 Å². The molecular weight excluding hydrogens is 250 g/mol. The number of urea groups is 1. The maximum atomic E-state index is 12.4. The minimum absolute atomic E-state index is 0.0308. The van der Waals surface area contributed by atoms with Gasteiger partial charge in [0, 0.05) is 37.2 Å². The van der Waals surface area contributed by atoms with Crippen LogP contribution < -0.4 is 5.32 Å². The Morgan fingerprint density at radius 2 is 1.80 bits per heavy atom. The highest BCUT2D eigenvalue weighted by Crippen LogP contribution is 2.25. The summed E-state index contributed by atoms with van der Waals surface area (Å²) in [4.78, 5) is 14.3. The molecule has 4 nitrogen and oxygen atoms in total. The minimum atomic E-state index is 0.0308. The lowest BCUT2D eigenvalue weighted by molar-refractivity contribution is 0.214. The highest BCUT2D eigenvalue weighted by molar-refractivity contribution is 6.01. The molecule has 1 aromatic heterocycles. The number of anilines is 1. The summed E-state index contributed by atoms with van der Waals surface area (Å²) < 4.78 is 2.05. The van der Waals surface area contributed by atoms with Crippen molar-refractivity contribution in [2.24, 2.45) is 7.05 Å². The van der Waals surface area contributed by atoms with Crippen LogP contribution in [0.3, 0.4) is 0 Å². The minimum Gasteiger partial charge on any atom is -0.348 e. The summed E-state index contributed by atoms with van der Waals surface area (Å²) in [6.45, 7) is 1.74. The molecule has 0 radical (unpaired) electrons. The van der Waals surface area contributed by atoms with Crippen LogP contribution in [-0.4, -0.2) is 28.6 Å². The molecule has 0 saturated carbocycles. The number of hydrogen-bond acceptors (Lipinski definition) is 1. The van der Waals surface area contributed by atoms with Gasteiger partial charge in [-0.1, -0.05) is 31.0 Å². The van der Waals surface area contributed by atoms with Gasteiger partial charge in [-0.2, -0.15) is 0 Å². The van der Waals surface area contributed by atoms with E-state index in [-0.39, 0.29) is 6.03 Å². The molecule has 1 aromatic carbocycles. The molecule has 2 heterocycles. The van der Waals surface area contributed by atoms with Crippen molar-refractivity contribution in [1.82, 2.24) is 9.47 Å². The summed E-state index contributed by atoms with van der Waals surface area (Å²) in [7, 11) is 2.00. The number of nitrogens with zero attached hydrogens (tertiary/aromatic N) is 2. The molecule has 1 fully saturated rings. The fraction of sp³-hybridized carbons (Fsp3) is 0.438. The monoisotopic (exact) mass is 271 g/mol. The van der Waals surface area contributed by atoms with E-state index in [4.69, 9.17) is 0 Å². The first kappa shape index (κ1) is 13.0. The van der Waals surface area contributed by atoms with E-state index < -0.39 is 0 Å². The predicted octanol–water partition coefficient (Wildman–Crippen LogP) is 3.59. The van der Waals surface area contributed by atoms with E-state index in [1.54, 1.807) is 0 Å². The Bertz CT molecular complexity index is 609. The zero-order valence-corrected chi connectivity index (χ0v) is 11.9. The van der Waals surface area contributed by atoms with Gasteiger partial charge < -0.3 is 14.8 Å². The zero-order chi connectivity index (χ0) is 13.9. The lowest BCUT2D eigenvalue weighted by Gasteiger charge is -2.20. The van der Waals surface area contributed by atoms with Crippen molar-refractivity contribution >= 4 is 22.6 Å². The summed E-state index contributed by atoms with van der Waals surface area (Å²) in [6.07, 6.45) is 6.68. The lowest BCUT2D eigenvalue weighted by Crippen LogP contribution is -2.35. The number of carbonyl (C=O) groups excluding carboxylic acids is 1. The normalized spacial score (nSPS) is 16.1. The van der Waals surface area contributed by atoms with Gasteiger partial charge in [-0.3, -0.25) is 0 Å². The molecule has 4 heteroatoms. The van der Waals surface area contributed by atoms with Gasteiger partial charge in [0.15, 0.2) is 0 Å². The molecule has 20 heavy (non-hydrogen) atoms. The summed E-state index contributed by atoms with van der Waals surface area (Å²) in [5.74, 6) is 0. The number of carbonyl (C=O) groups is 1. The molecule has 1 saturated heterocycles. The van der Waals surface area contributed by atoms with Crippen LogP contribution in [0.5, 0.6) is 0 Å². The Morgan fingerprint density at radius 1 is 1.10 bits per heavy atom. The standard InChI is InChI=1S/C16H21N3O/c1-18-12-14(13-8-4-5-9-15(13)18)17-16(20)19-10-6-2-3-7-11-19/h4-5,8-9,12H,2-3,6-7,10-11H2,1H3,(H,17,20). The van der Waals surface area contributed by atoms with Gasteiger partial charge in [-0.25, -0.2) is 4.79 Å². The van der Waals surface area contributed by atoms with E-state index >= 15 is 0 Å². The van der Waals surface area contributed by atoms with Gasteiger partial charge in [0.05, 0.1) is 5.69 Å². The number of benzene rings is 1. The first-order chi connectivity index (χ1) is 9.75. The highest BCUT2D eigenvalue weighted by Gasteiger charge is 2.17. The second-order valence-electron chi connectivity index (χ2n) is 5.50. The fourth-order valence-corrected chi connectivity index (χ4v) is 2.91. The van der Waals surface area contributed by atoms with Crippen molar-refractivity contribution < 1.29 is 4.79 Å². The van der Waals surface area contributed by atoms with Gasteiger partial charge >= 0.3 is 6.03 Å². The number of para-hydroxylation sites is 1. The zero-order valence-electron chi connectivity index (χ0n) is 11.9. The Kier molecular flexibility index (Phi) is 3.63. The van der Waals surface area contributed by atoms with E-state index in [0.29, 0.717) is 0 Å². The van der Waals surface area contributed by atoms with E-state index in [9.17, 15) is 4.79 Å². The van der Waals surface area contributed by atoms with Gasteiger partial charge in [-0.15, -0.1) is 0 Å². The second-order valence-corrected chi connectivity index (χ2v) is 5.50. The third kappa shape index (κ3) is 2.50. The number of aromatic nitrogens is 1. The Morgan fingerprint density at radius 3 is 2.55 bits per heavy atom. The molecule has 2 aromatic rings. The first-order valence-electron chi connectivity index (χ1n) is 7.36. The molecule has 1 N–H and O–H groups in total. The maximum absolute atomic E-state index is 12.4. The molecule has 0 bridgehead atoms. The summed E-state index contributed by atoms with van der Waals surface area (Å²) >= 11 is 0. The van der Waals surface area contributed by atoms with Crippen LogP contribution in [-0.2, 0) is 7.05 Å². The molecule has 0 atom stereocenters. The molecule has 106 valence electrons. The number of amides is 2. The Balaban J connectivity index is 1.80. The third-order valence-corrected chi connectivity index (χ3v) is 4.03. The number of rotatable bonds is 1.